The number of carbonyl (C=O) groups excluding carboxylic acids is 1. The molecular weight excluding hydrogens is 340 g/mol. The Bertz CT molecular complexity index is 924. The van der Waals surface area contributed by atoms with Crippen molar-refractivity contribution in [3.05, 3.63) is 65.4 Å². The zero-order valence-corrected chi connectivity index (χ0v) is 15.6. The zero-order chi connectivity index (χ0) is 18.8. The topological polar surface area (TPSA) is 72.1 Å². The average Bonchev–Trinajstić information content (AvgIpc) is 3.06. The van der Waals surface area contributed by atoms with Crippen molar-refractivity contribution >= 4 is 5.91 Å². The van der Waals surface area contributed by atoms with E-state index in [1.807, 2.05) is 36.9 Å². The van der Waals surface area contributed by atoms with Crippen LogP contribution in [0.25, 0.3) is 11.3 Å². The van der Waals surface area contributed by atoms with Crippen LogP contribution in [0, 0.1) is 13.8 Å². The summed E-state index contributed by atoms with van der Waals surface area (Å²) in [5.41, 5.74) is 4.45. The van der Waals surface area contributed by atoms with E-state index in [9.17, 15) is 4.79 Å². The van der Waals surface area contributed by atoms with Crippen LogP contribution in [0.5, 0.6) is 0 Å². The molecule has 3 aromatic heterocycles. The molecular formula is C21H22N4O2. The van der Waals surface area contributed by atoms with Crippen LogP contribution in [0.15, 0.2) is 47.2 Å². The number of pyridine rings is 2. The predicted molar refractivity (Wildman–Crippen MR) is 101 cm³/mol. The Morgan fingerprint density at radius 2 is 1.96 bits per heavy atom. The Hall–Kier alpha value is -3.02. The van der Waals surface area contributed by atoms with Gasteiger partial charge in [-0.05, 0) is 51.0 Å². The third-order valence-corrected chi connectivity index (χ3v) is 5.17. The minimum absolute atomic E-state index is 0.0546. The first-order valence-corrected chi connectivity index (χ1v) is 9.23. The minimum atomic E-state index is 0.0546. The SMILES string of the molecule is Cc1noc(C)c1-c1cccc(C2CCN(C(=O)c3cccnc3)CC2)n1. The van der Waals surface area contributed by atoms with Gasteiger partial charge in [0.2, 0.25) is 0 Å². The molecule has 6 nitrogen and oxygen atoms in total. The summed E-state index contributed by atoms with van der Waals surface area (Å²) in [4.78, 5) is 23.4. The second kappa shape index (κ2) is 7.31. The van der Waals surface area contributed by atoms with Gasteiger partial charge < -0.3 is 9.42 Å². The van der Waals surface area contributed by atoms with Gasteiger partial charge in [-0.25, -0.2) is 0 Å². The maximum Gasteiger partial charge on any atom is 0.255 e. The van der Waals surface area contributed by atoms with E-state index < -0.39 is 0 Å². The Morgan fingerprint density at radius 1 is 1.15 bits per heavy atom. The van der Waals surface area contributed by atoms with Crippen LogP contribution >= 0.6 is 0 Å². The molecule has 0 radical (unpaired) electrons. The van der Waals surface area contributed by atoms with Gasteiger partial charge in [0.25, 0.3) is 5.91 Å². The van der Waals surface area contributed by atoms with Gasteiger partial charge in [0.05, 0.1) is 22.5 Å². The number of hydrogen-bond donors (Lipinski definition) is 0. The van der Waals surface area contributed by atoms with Crippen LogP contribution in [0.4, 0.5) is 0 Å². The molecule has 0 aliphatic carbocycles. The minimum Gasteiger partial charge on any atom is -0.361 e. The maximum atomic E-state index is 12.6. The first kappa shape index (κ1) is 17.4. The maximum absolute atomic E-state index is 12.6. The van der Waals surface area contributed by atoms with Crippen LogP contribution in [0.1, 0.15) is 46.3 Å². The van der Waals surface area contributed by atoms with E-state index in [1.165, 1.54) is 0 Å². The van der Waals surface area contributed by atoms with Gasteiger partial charge in [-0.2, -0.15) is 0 Å². The molecule has 0 aromatic carbocycles. The molecule has 1 amide bonds. The van der Waals surface area contributed by atoms with Crippen LogP contribution in [-0.2, 0) is 0 Å². The van der Waals surface area contributed by atoms with E-state index >= 15 is 0 Å². The average molecular weight is 362 g/mol. The van der Waals surface area contributed by atoms with E-state index in [0.717, 1.165) is 54.3 Å². The fraction of sp³-hybridized carbons (Fsp3) is 0.333. The first-order valence-electron chi connectivity index (χ1n) is 9.23. The molecule has 1 aliphatic rings. The Kier molecular flexibility index (Phi) is 4.71. The van der Waals surface area contributed by atoms with Gasteiger partial charge in [0.1, 0.15) is 5.76 Å². The van der Waals surface area contributed by atoms with Gasteiger partial charge in [-0.15, -0.1) is 0 Å². The summed E-state index contributed by atoms with van der Waals surface area (Å²) in [6.07, 6.45) is 5.12. The van der Waals surface area contributed by atoms with E-state index in [2.05, 4.69) is 16.2 Å². The van der Waals surface area contributed by atoms with Crippen molar-refractivity contribution in [3.8, 4) is 11.3 Å². The first-order chi connectivity index (χ1) is 13.1. The summed E-state index contributed by atoms with van der Waals surface area (Å²) >= 11 is 0. The smallest absolute Gasteiger partial charge is 0.255 e. The van der Waals surface area contributed by atoms with Gasteiger partial charge in [-0.1, -0.05) is 11.2 Å². The van der Waals surface area contributed by atoms with Crippen molar-refractivity contribution in [1.82, 2.24) is 20.0 Å². The summed E-state index contributed by atoms with van der Waals surface area (Å²) in [5, 5.41) is 4.03. The molecule has 0 saturated carbocycles. The molecule has 0 unspecified atom stereocenters. The highest BCUT2D eigenvalue weighted by Gasteiger charge is 2.26. The molecule has 4 rings (SSSR count). The number of nitrogens with zero attached hydrogens (tertiary/aromatic N) is 4. The number of carbonyl (C=O) groups is 1. The van der Waals surface area contributed by atoms with Crippen molar-refractivity contribution in [2.75, 3.05) is 13.1 Å². The van der Waals surface area contributed by atoms with Gasteiger partial charge in [0.15, 0.2) is 0 Å². The zero-order valence-electron chi connectivity index (χ0n) is 15.6. The quantitative estimate of drug-likeness (QED) is 0.709. The van der Waals surface area contributed by atoms with Gasteiger partial charge in [0, 0.05) is 37.1 Å². The number of rotatable bonds is 3. The van der Waals surface area contributed by atoms with E-state index in [0.29, 0.717) is 11.5 Å². The summed E-state index contributed by atoms with van der Waals surface area (Å²) in [5.74, 6) is 1.19. The van der Waals surface area contributed by atoms with Crippen molar-refractivity contribution in [2.45, 2.75) is 32.6 Å². The highest BCUT2D eigenvalue weighted by atomic mass is 16.5. The lowest BCUT2D eigenvalue weighted by atomic mass is 9.92. The standard InChI is InChI=1S/C21H22N4O2/c1-14-20(15(2)27-24-14)19-7-3-6-18(23-19)16-8-11-25(12-9-16)21(26)17-5-4-10-22-13-17/h3-7,10,13,16H,8-9,11-12H2,1-2H3. The van der Waals surface area contributed by atoms with Crippen LogP contribution in [0.2, 0.25) is 0 Å². The van der Waals surface area contributed by atoms with E-state index in [-0.39, 0.29) is 5.91 Å². The van der Waals surface area contributed by atoms with Crippen molar-refractivity contribution in [2.24, 2.45) is 0 Å². The molecule has 1 aliphatic heterocycles. The number of piperidine rings is 1. The fourth-order valence-electron chi connectivity index (χ4n) is 3.72. The molecule has 0 bridgehead atoms. The molecule has 0 atom stereocenters. The number of aromatic nitrogens is 3. The second-order valence-corrected chi connectivity index (χ2v) is 6.96. The lowest BCUT2D eigenvalue weighted by Gasteiger charge is -2.32. The lowest BCUT2D eigenvalue weighted by molar-refractivity contribution is 0.0711. The molecule has 1 saturated heterocycles. The second-order valence-electron chi connectivity index (χ2n) is 6.96. The predicted octanol–water partition coefficient (Wildman–Crippen LogP) is 3.77. The van der Waals surface area contributed by atoms with Crippen molar-refractivity contribution in [1.29, 1.82) is 0 Å². The van der Waals surface area contributed by atoms with E-state index in [4.69, 9.17) is 9.51 Å². The molecule has 3 aromatic rings. The molecule has 0 spiro atoms. The van der Waals surface area contributed by atoms with Crippen LogP contribution < -0.4 is 0 Å². The molecule has 27 heavy (non-hydrogen) atoms. The van der Waals surface area contributed by atoms with Crippen LogP contribution in [-0.4, -0.2) is 39.0 Å². The summed E-state index contributed by atoms with van der Waals surface area (Å²) < 4.78 is 5.28. The van der Waals surface area contributed by atoms with Crippen molar-refractivity contribution < 1.29 is 9.32 Å². The fourth-order valence-corrected chi connectivity index (χ4v) is 3.72. The van der Waals surface area contributed by atoms with Crippen LogP contribution in [0.3, 0.4) is 0 Å². The van der Waals surface area contributed by atoms with Gasteiger partial charge in [-0.3, -0.25) is 14.8 Å². The number of aryl methyl sites for hydroxylation is 2. The summed E-state index contributed by atoms with van der Waals surface area (Å²) in [6, 6.07) is 9.72. The number of likely N-dealkylation sites (tertiary alicyclic amines) is 1. The molecule has 0 N–H and O–H groups in total. The van der Waals surface area contributed by atoms with E-state index in [1.54, 1.807) is 18.5 Å². The third kappa shape index (κ3) is 3.47. The Balaban J connectivity index is 1.47. The number of hydrogen-bond acceptors (Lipinski definition) is 5. The molecule has 1 fully saturated rings. The highest BCUT2D eigenvalue weighted by molar-refractivity contribution is 5.93. The normalized spacial score (nSPS) is 15.1. The monoisotopic (exact) mass is 362 g/mol. The molecule has 6 heteroatoms. The Labute approximate surface area is 158 Å². The highest BCUT2D eigenvalue weighted by Crippen LogP contribution is 2.31. The van der Waals surface area contributed by atoms with Crippen molar-refractivity contribution in [3.63, 3.8) is 0 Å². The molecule has 138 valence electrons. The molecule has 4 heterocycles. The largest absolute Gasteiger partial charge is 0.361 e. The summed E-state index contributed by atoms with van der Waals surface area (Å²) in [7, 11) is 0. The van der Waals surface area contributed by atoms with Gasteiger partial charge >= 0.3 is 0 Å². The lowest BCUT2D eigenvalue weighted by Crippen LogP contribution is -2.38. The third-order valence-electron chi connectivity index (χ3n) is 5.17. The Morgan fingerprint density at radius 3 is 2.63 bits per heavy atom. The number of amides is 1. The summed E-state index contributed by atoms with van der Waals surface area (Å²) in [6.45, 7) is 5.31.